The molecule has 2 aromatic rings. The lowest BCUT2D eigenvalue weighted by molar-refractivity contribution is 0.983. The van der Waals surface area contributed by atoms with Crippen LogP contribution in [0.4, 0.5) is 0 Å². The molecule has 2 aromatic carbocycles. The maximum absolute atomic E-state index is 4.43. The van der Waals surface area contributed by atoms with Gasteiger partial charge < -0.3 is 0 Å². The van der Waals surface area contributed by atoms with Crippen LogP contribution >= 0.6 is 0 Å². The lowest BCUT2D eigenvalue weighted by Crippen LogP contribution is -1.94. The highest BCUT2D eigenvalue weighted by atomic mass is 14.8. The van der Waals surface area contributed by atoms with Gasteiger partial charge in [0.05, 0.1) is 26.2 Å². The van der Waals surface area contributed by atoms with E-state index in [0.29, 0.717) is 26.2 Å². The highest BCUT2D eigenvalue weighted by Gasteiger charge is 1.93. The molecule has 1 aliphatic rings. The van der Waals surface area contributed by atoms with E-state index in [4.69, 9.17) is 0 Å². The number of hydrogen-bond donors (Lipinski definition) is 0. The Balaban J connectivity index is 1.78. The Morgan fingerprint density at radius 1 is 0.458 bits per heavy atom. The van der Waals surface area contributed by atoms with Gasteiger partial charge in [-0.2, -0.15) is 0 Å². The summed E-state index contributed by atoms with van der Waals surface area (Å²) in [5, 5.41) is 0. The molecule has 0 radical (unpaired) electrons. The van der Waals surface area contributed by atoms with Crippen molar-refractivity contribution in [3.8, 4) is 0 Å². The van der Waals surface area contributed by atoms with Crippen LogP contribution in [0.3, 0.4) is 0 Å². The molecule has 0 unspecified atom stereocenters. The second-order valence-corrected chi connectivity index (χ2v) is 5.48. The van der Waals surface area contributed by atoms with E-state index in [1.54, 1.807) is 0 Å². The van der Waals surface area contributed by atoms with E-state index < -0.39 is 0 Å². The smallest absolute Gasteiger partial charge is 0.0585 e. The lowest BCUT2D eigenvalue weighted by atomic mass is 10.1. The molecule has 0 aromatic heterocycles. The molecule has 0 saturated carbocycles. The number of aliphatic imine (C=N–C) groups is 4. The summed E-state index contributed by atoms with van der Waals surface area (Å²) in [5.74, 6) is 0. The van der Waals surface area contributed by atoms with Crippen LogP contribution in [0.25, 0.3) is 0 Å². The third-order valence-corrected chi connectivity index (χ3v) is 3.50. The summed E-state index contributed by atoms with van der Waals surface area (Å²) >= 11 is 0. The van der Waals surface area contributed by atoms with E-state index in [1.807, 2.05) is 61.3 Å². The first-order valence-corrected chi connectivity index (χ1v) is 8.10. The minimum atomic E-state index is 0.677. The van der Waals surface area contributed by atoms with Gasteiger partial charge in [0.25, 0.3) is 0 Å². The monoisotopic (exact) mass is 316 g/mol. The molecule has 0 N–H and O–H groups in total. The Bertz CT molecular complexity index is 662. The predicted molar refractivity (Wildman–Crippen MR) is 103 cm³/mol. The van der Waals surface area contributed by atoms with Crippen molar-refractivity contribution in [3.05, 3.63) is 70.8 Å². The second-order valence-electron chi connectivity index (χ2n) is 5.48. The summed E-state index contributed by atoms with van der Waals surface area (Å²) in [6.45, 7) is 2.71. The Hall–Kier alpha value is -2.88. The first-order chi connectivity index (χ1) is 11.9. The third kappa shape index (κ3) is 5.09. The van der Waals surface area contributed by atoms with E-state index in [9.17, 15) is 0 Å². The highest BCUT2D eigenvalue weighted by molar-refractivity contribution is 5.87. The van der Waals surface area contributed by atoms with Crippen LogP contribution in [-0.2, 0) is 0 Å². The van der Waals surface area contributed by atoms with Crippen molar-refractivity contribution in [2.75, 3.05) is 26.2 Å². The average molecular weight is 316 g/mol. The molecule has 1 heterocycles. The van der Waals surface area contributed by atoms with E-state index >= 15 is 0 Å². The quantitative estimate of drug-likeness (QED) is 0.717. The van der Waals surface area contributed by atoms with Gasteiger partial charge in [-0.3, -0.25) is 20.0 Å². The number of hydrogen-bond acceptors (Lipinski definition) is 4. The summed E-state index contributed by atoms with van der Waals surface area (Å²) < 4.78 is 0. The molecule has 4 bridgehead atoms. The molecule has 4 heteroatoms. The molecule has 120 valence electrons. The van der Waals surface area contributed by atoms with Crippen molar-refractivity contribution < 1.29 is 0 Å². The molecule has 24 heavy (non-hydrogen) atoms. The van der Waals surface area contributed by atoms with Gasteiger partial charge in [-0.05, 0) is 34.4 Å². The second kappa shape index (κ2) is 8.67. The van der Waals surface area contributed by atoms with E-state index in [1.165, 1.54) is 0 Å². The maximum atomic E-state index is 4.43. The van der Waals surface area contributed by atoms with Crippen LogP contribution in [-0.4, -0.2) is 51.0 Å². The third-order valence-electron chi connectivity index (χ3n) is 3.50. The van der Waals surface area contributed by atoms with Crippen molar-refractivity contribution in [2.24, 2.45) is 20.0 Å². The summed E-state index contributed by atoms with van der Waals surface area (Å²) in [7, 11) is 0. The highest BCUT2D eigenvalue weighted by Crippen LogP contribution is 2.03. The Morgan fingerprint density at radius 2 is 0.750 bits per heavy atom. The van der Waals surface area contributed by atoms with Gasteiger partial charge >= 0.3 is 0 Å². The van der Waals surface area contributed by atoms with Gasteiger partial charge in [0, 0.05) is 24.9 Å². The van der Waals surface area contributed by atoms with Crippen LogP contribution < -0.4 is 0 Å². The Morgan fingerprint density at radius 3 is 1.04 bits per heavy atom. The molecule has 4 nitrogen and oxygen atoms in total. The molecule has 1 aliphatic heterocycles. The molecule has 0 atom stereocenters. The fourth-order valence-corrected chi connectivity index (χ4v) is 2.35. The topological polar surface area (TPSA) is 49.4 Å². The summed E-state index contributed by atoms with van der Waals surface area (Å²) in [5.41, 5.74) is 4.31. The molecular weight excluding hydrogens is 296 g/mol. The van der Waals surface area contributed by atoms with E-state index in [2.05, 4.69) is 32.1 Å². The number of benzene rings is 2. The average Bonchev–Trinajstić information content (AvgIpc) is 2.61. The van der Waals surface area contributed by atoms with Gasteiger partial charge in [0.15, 0.2) is 0 Å². The Labute approximate surface area is 142 Å². The van der Waals surface area contributed by atoms with Gasteiger partial charge in [0.2, 0.25) is 0 Å². The number of nitrogens with zero attached hydrogens (tertiary/aromatic N) is 4. The van der Waals surface area contributed by atoms with Gasteiger partial charge in [-0.15, -0.1) is 0 Å². The van der Waals surface area contributed by atoms with Crippen LogP contribution in [0.1, 0.15) is 22.3 Å². The molecule has 3 rings (SSSR count). The minimum Gasteiger partial charge on any atom is -0.291 e. The summed E-state index contributed by atoms with van der Waals surface area (Å²) in [6.07, 6.45) is 7.56. The molecule has 0 saturated heterocycles. The van der Waals surface area contributed by atoms with Crippen LogP contribution in [0.2, 0.25) is 0 Å². The predicted octanol–water partition coefficient (Wildman–Crippen LogP) is 3.08. The summed E-state index contributed by atoms with van der Waals surface area (Å²) in [4.78, 5) is 17.7. The first-order valence-electron chi connectivity index (χ1n) is 8.10. The van der Waals surface area contributed by atoms with Crippen molar-refractivity contribution in [1.29, 1.82) is 0 Å². The van der Waals surface area contributed by atoms with Crippen molar-refractivity contribution in [3.63, 3.8) is 0 Å². The zero-order valence-corrected chi connectivity index (χ0v) is 13.5. The van der Waals surface area contributed by atoms with Crippen molar-refractivity contribution >= 4 is 24.9 Å². The standard InChI is InChI=1S/C20H20N4/c1-3-17-11-18(4-1)14-22-8-10-24-16-20-6-2-5-19(12-20)15-23-9-7-21-13-17/h1-6,11-16H,7-10H2. The minimum absolute atomic E-state index is 0.677. The van der Waals surface area contributed by atoms with E-state index in [-0.39, 0.29) is 0 Å². The van der Waals surface area contributed by atoms with Crippen LogP contribution in [0.5, 0.6) is 0 Å². The van der Waals surface area contributed by atoms with Crippen molar-refractivity contribution in [2.45, 2.75) is 0 Å². The molecular formula is C20H20N4. The van der Waals surface area contributed by atoms with Crippen LogP contribution in [0.15, 0.2) is 68.5 Å². The van der Waals surface area contributed by atoms with Crippen molar-refractivity contribution in [1.82, 2.24) is 0 Å². The van der Waals surface area contributed by atoms with Gasteiger partial charge in [0.1, 0.15) is 0 Å². The first kappa shape index (κ1) is 16.0. The maximum Gasteiger partial charge on any atom is 0.0585 e. The molecule has 0 aliphatic carbocycles. The SMILES string of the molecule is C1=NCCN=Cc2cccc(c2)C=NCCN=Cc2cccc1c2. The fraction of sp³-hybridized carbons (Fsp3) is 0.200. The van der Waals surface area contributed by atoms with Gasteiger partial charge in [-0.1, -0.05) is 36.4 Å². The molecule has 0 amide bonds. The van der Waals surface area contributed by atoms with Gasteiger partial charge in [-0.25, -0.2) is 0 Å². The Kier molecular flexibility index (Phi) is 5.78. The summed E-state index contributed by atoms with van der Waals surface area (Å²) in [6, 6.07) is 16.3. The zero-order valence-electron chi connectivity index (χ0n) is 13.5. The number of fused-ring (bicyclic) bond motifs is 4. The largest absolute Gasteiger partial charge is 0.291 e. The normalized spacial score (nSPS) is 15.0. The number of rotatable bonds is 0. The lowest BCUT2D eigenvalue weighted by Gasteiger charge is -1.98. The van der Waals surface area contributed by atoms with Crippen LogP contribution in [0, 0.1) is 0 Å². The van der Waals surface area contributed by atoms with E-state index in [0.717, 1.165) is 22.3 Å². The fourth-order valence-electron chi connectivity index (χ4n) is 2.35. The zero-order chi connectivity index (χ0) is 16.5. The molecule has 0 spiro atoms. The molecule has 0 fully saturated rings.